The first-order valence-electron chi connectivity index (χ1n) is 8.12. The van der Waals surface area contributed by atoms with Gasteiger partial charge in [-0.15, -0.1) is 0 Å². The number of rotatable bonds is 6. The maximum atomic E-state index is 13.8. The van der Waals surface area contributed by atoms with Crippen molar-refractivity contribution in [1.82, 2.24) is 9.97 Å². The van der Waals surface area contributed by atoms with Crippen LogP contribution in [0.5, 0.6) is 0 Å². The molecule has 0 unspecified atom stereocenters. The average Bonchev–Trinajstić information content (AvgIpc) is 2.64. The molecule has 0 atom stereocenters. The molecule has 0 spiro atoms. The second-order valence-electron chi connectivity index (χ2n) is 5.67. The lowest BCUT2D eigenvalue weighted by molar-refractivity contribution is -0.116. The summed E-state index contributed by atoms with van der Waals surface area (Å²) in [7, 11) is 0. The van der Waals surface area contributed by atoms with E-state index in [4.69, 9.17) is 0 Å². The number of halogens is 1. The van der Waals surface area contributed by atoms with Crippen LogP contribution in [0.25, 0.3) is 11.1 Å². The molecule has 1 amide bonds. The Morgan fingerprint density at radius 1 is 1.04 bits per heavy atom. The van der Waals surface area contributed by atoms with Crippen LogP contribution in [0.3, 0.4) is 0 Å². The first kappa shape index (κ1) is 16.8. The van der Waals surface area contributed by atoms with Crippen LogP contribution in [0, 0.1) is 5.82 Å². The fourth-order valence-corrected chi connectivity index (χ4v) is 2.57. The van der Waals surface area contributed by atoms with E-state index in [9.17, 15) is 9.18 Å². The highest BCUT2D eigenvalue weighted by atomic mass is 19.1. The summed E-state index contributed by atoms with van der Waals surface area (Å²) < 4.78 is 13.8. The van der Waals surface area contributed by atoms with E-state index in [2.05, 4.69) is 15.3 Å². The molecule has 126 valence electrons. The summed E-state index contributed by atoms with van der Waals surface area (Å²) in [4.78, 5) is 19.8. The lowest BCUT2D eigenvalue weighted by atomic mass is 10.0. The molecule has 0 aliphatic carbocycles. The van der Waals surface area contributed by atoms with E-state index in [0.29, 0.717) is 17.8 Å². The second-order valence-corrected chi connectivity index (χ2v) is 5.67. The van der Waals surface area contributed by atoms with Crippen LogP contribution < -0.4 is 5.32 Å². The van der Waals surface area contributed by atoms with Crippen LogP contribution in [0.1, 0.15) is 18.4 Å². The Labute approximate surface area is 145 Å². The summed E-state index contributed by atoms with van der Waals surface area (Å²) in [5.41, 5.74) is 2.56. The number of nitrogens with one attached hydrogen (secondary N) is 1. The van der Waals surface area contributed by atoms with Crippen LogP contribution in [-0.2, 0) is 11.2 Å². The molecule has 5 heteroatoms. The van der Waals surface area contributed by atoms with Crippen molar-refractivity contribution in [3.63, 3.8) is 0 Å². The maximum Gasteiger partial charge on any atom is 0.225 e. The molecule has 3 rings (SSSR count). The molecule has 0 aliphatic heterocycles. The highest BCUT2D eigenvalue weighted by Gasteiger charge is 2.05. The van der Waals surface area contributed by atoms with Gasteiger partial charge in [0.15, 0.2) is 5.82 Å². The number of aryl methyl sites for hydroxylation is 1. The molecule has 0 aliphatic rings. The third-order valence-corrected chi connectivity index (χ3v) is 3.84. The molecule has 0 saturated carbocycles. The van der Waals surface area contributed by atoms with Crippen LogP contribution >= 0.6 is 0 Å². The Bertz CT molecular complexity index is 835. The summed E-state index contributed by atoms with van der Waals surface area (Å²) >= 11 is 0. The van der Waals surface area contributed by atoms with Gasteiger partial charge in [0.25, 0.3) is 0 Å². The number of anilines is 1. The lowest BCUT2D eigenvalue weighted by Crippen LogP contribution is -2.12. The Kier molecular flexibility index (Phi) is 5.46. The fraction of sp³-hybridized carbons (Fsp3) is 0.150. The first-order chi connectivity index (χ1) is 12.2. The van der Waals surface area contributed by atoms with Gasteiger partial charge in [-0.1, -0.05) is 42.5 Å². The summed E-state index contributed by atoms with van der Waals surface area (Å²) in [6, 6.07) is 14.5. The van der Waals surface area contributed by atoms with Gasteiger partial charge in [0.2, 0.25) is 5.91 Å². The van der Waals surface area contributed by atoms with Crippen molar-refractivity contribution >= 4 is 11.7 Å². The summed E-state index contributed by atoms with van der Waals surface area (Å²) in [5.74, 6) is 0.154. The largest absolute Gasteiger partial charge is 0.309 e. The van der Waals surface area contributed by atoms with Crippen LogP contribution in [0.4, 0.5) is 10.2 Å². The standard InChI is InChI=1S/C20H18FN3O/c21-18-6-2-1-5-17(18)16-10-8-15(9-11-16)4-3-7-20(25)24-19-14-22-12-13-23-19/h1-2,5-6,8-14H,3-4,7H2,(H,23,24,25). The highest BCUT2D eigenvalue weighted by Crippen LogP contribution is 2.23. The Morgan fingerprint density at radius 3 is 2.56 bits per heavy atom. The molecule has 0 bridgehead atoms. The third kappa shape index (κ3) is 4.70. The van der Waals surface area contributed by atoms with Gasteiger partial charge in [-0.2, -0.15) is 0 Å². The maximum absolute atomic E-state index is 13.8. The number of aromatic nitrogens is 2. The number of carbonyl (C=O) groups excluding carboxylic acids is 1. The smallest absolute Gasteiger partial charge is 0.225 e. The summed E-state index contributed by atoms with van der Waals surface area (Å²) in [5, 5.41) is 2.71. The number of benzene rings is 2. The monoisotopic (exact) mass is 335 g/mol. The van der Waals surface area contributed by atoms with Crippen molar-refractivity contribution in [2.45, 2.75) is 19.3 Å². The fourth-order valence-electron chi connectivity index (χ4n) is 2.57. The molecular formula is C20H18FN3O. The van der Waals surface area contributed by atoms with Crippen LogP contribution in [0.2, 0.25) is 0 Å². The topological polar surface area (TPSA) is 54.9 Å². The SMILES string of the molecule is O=C(CCCc1ccc(-c2ccccc2F)cc1)Nc1cnccn1. The van der Waals surface area contributed by atoms with Gasteiger partial charge >= 0.3 is 0 Å². The van der Waals surface area contributed by atoms with Crippen LogP contribution in [-0.4, -0.2) is 15.9 Å². The zero-order valence-corrected chi connectivity index (χ0v) is 13.7. The van der Waals surface area contributed by atoms with E-state index in [1.165, 1.54) is 18.5 Å². The molecule has 2 aromatic carbocycles. The van der Waals surface area contributed by atoms with E-state index in [0.717, 1.165) is 24.0 Å². The molecule has 1 N–H and O–H groups in total. The van der Waals surface area contributed by atoms with E-state index >= 15 is 0 Å². The number of nitrogens with zero attached hydrogens (tertiary/aromatic N) is 2. The van der Waals surface area contributed by atoms with E-state index < -0.39 is 0 Å². The van der Waals surface area contributed by atoms with Gasteiger partial charge in [-0.3, -0.25) is 9.78 Å². The highest BCUT2D eigenvalue weighted by molar-refractivity contribution is 5.89. The van der Waals surface area contributed by atoms with Crippen molar-refractivity contribution in [3.05, 3.63) is 78.5 Å². The average molecular weight is 335 g/mol. The van der Waals surface area contributed by atoms with Crippen molar-refractivity contribution in [2.75, 3.05) is 5.32 Å². The first-order valence-corrected chi connectivity index (χ1v) is 8.12. The minimum Gasteiger partial charge on any atom is -0.309 e. The second kappa shape index (κ2) is 8.15. The van der Waals surface area contributed by atoms with Gasteiger partial charge in [-0.25, -0.2) is 9.37 Å². The van der Waals surface area contributed by atoms with Crippen molar-refractivity contribution in [1.29, 1.82) is 0 Å². The Balaban J connectivity index is 1.51. The molecule has 0 fully saturated rings. The van der Waals surface area contributed by atoms with E-state index in [-0.39, 0.29) is 11.7 Å². The molecule has 0 saturated heterocycles. The zero-order valence-electron chi connectivity index (χ0n) is 13.7. The molecule has 0 radical (unpaired) electrons. The van der Waals surface area contributed by atoms with Crippen molar-refractivity contribution in [3.8, 4) is 11.1 Å². The number of hydrogen-bond donors (Lipinski definition) is 1. The summed E-state index contributed by atoms with van der Waals surface area (Å²) in [6.07, 6.45) is 6.52. The number of amides is 1. The molecular weight excluding hydrogens is 317 g/mol. The molecule has 3 aromatic rings. The van der Waals surface area contributed by atoms with Gasteiger partial charge in [0.05, 0.1) is 6.20 Å². The van der Waals surface area contributed by atoms with Gasteiger partial charge in [-0.05, 0) is 30.0 Å². The number of hydrogen-bond acceptors (Lipinski definition) is 3. The Morgan fingerprint density at radius 2 is 1.84 bits per heavy atom. The lowest BCUT2D eigenvalue weighted by Gasteiger charge is -2.06. The molecule has 1 heterocycles. The minimum absolute atomic E-state index is 0.0801. The predicted octanol–water partition coefficient (Wildman–Crippen LogP) is 4.24. The van der Waals surface area contributed by atoms with E-state index in [1.54, 1.807) is 18.3 Å². The quantitative estimate of drug-likeness (QED) is 0.733. The third-order valence-electron chi connectivity index (χ3n) is 3.84. The Hall–Kier alpha value is -3.08. The van der Waals surface area contributed by atoms with E-state index in [1.807, 2.05) is 30.3 Å². The molecule has 25 heavy (non-hydrogen) atoms. The molecule has 1 aromatic heterocycles. The normalized spacial score (nSPS) is 10.4. The summed E-state index contributed by atoms with van der Waals surface area (Å²) in [6.45, 7) is 0. The van der Waals surface area contributed by atoms with Gasteiger partial charge in [0, 0.05) is 24.4 Å². The van der Waals surface area contributed by atoms with Crippen LogP contribution in [0.15, 0.2) is 67.1 Å². The zero-order chi connectivity index (χ0) is 17.5. The number of carbonyl (C=O) groups is 1. The van der Waals surface area contributed by atoms with Gasteiger partial charge in [0.1, 0.15) is 5.82 Å². The minimum atomic E-state index is -0.226. The van der Waals surface area contributed by atoms with Gasteiger partial charge < -0.3 is 5.32 Å². The predicted molar refractivity (Wildman–Crippen MR) is 95.4 cm³/mol. The van der Waals surface area contributed by atoms with Crippen molar-refractivity contribution in [2.24, 2.45) is 0 Å². The van der Waals surface area contributed by atoms with Crippen molar-refractivity contribution < 1.29 is 9.18 Å². The molecule has 4 nitrogen and oxygen atoms in total.